The lowest BCUT2D eigenvalue weighted by molar-refractivity contribution is -0.124. The second kappa shape index (κ2) is 6.34. The van der Waals surface area contributed by atoms with Crippen molar-refractivity contribution in [2.75, 3.05) is 25.0 Å². The summed E-state index contributed by atoms with van der Waals surface area (Å²) in [7, 11) is 1.69. The highest BCUT2D eigenvalue weighted by Gasteiger charge is 2.27. The maximum Gasteiger partial charge on any atom is 0.224 e. The molecule has 0 unspecified atom stereocenters. The van der Waals surface area contributed by atoms with Crippen molar-refractivity contribution >= 4 is 28.4 Å². The molecule has 1 N–H and O–H groups in total. The number of pyridine rings is 1. The standard InChI is InChI=1S/C20H21N5O/c1-13-10-18(24-9-5-6-14(12-24)20(26)22-2)25-17-8-4-3-7-16(17)23-19(25)15(13)11-21/h3-4,7-8,10,14H,5-6,9,12H2,1-2H3,(H,22,26)/t14-/m0/s1. The average Bonchev–Trinajstić information content (AvgIpc) is 3.06. The molecule has 1 fully saturated rings. The van der Waals surface area contributed by atoms with Gasteiger partial charge in [0.05, 0.1) is 22.5 Å². The van der Waals surface area contributed by atoms with Crippen LogP contribution < -0.4 is 10.2 Å². The molecule has 1 saturated heterocycles. The van der Waals surface area contributed by atoms with E-state index in [1.54, 1.807) is 7.05 Å². The lowest BCUT2D eigenvalue weighted by atomic mass is 9.97. The van der Waals surface area contributed by atoms with Gasteiger partial charge < -0.3 is 10.2 Å². The zero-order valence-electron chi connectivity index (χ0n) is 15.0. The topological polar surface area (TPSA) is 73.4 Å². The number of anilines is 1. The quantitative estimate of drug-likeness (QED) is 0.773. The minimum absolute atomic E-state index is 0.0189. The molecule has 1 aromatic carbocycles. The smallest absolute Gasteiger partial charge is 0.224 e. The van der Waals surface area contributed by atoms with Crippen LogP contribution in [-0.2, 0) is 4.79 Å². The van der Waals surface area contributed by atoms with E-state index in [2.05, 4.69) is 20.7 Å². The third kappa shape index (κ3) is 2.48. The second-order valence-electron chi connectivity index (χ2n) is 6.83. The van der Waals surface area contributed by atoms with Crippen LogP contribution in [0.2, 0.25) is 0 Å². The summed E-state index contributed by atoms with van der Waals surface area (Å²) in [6.45, 7) is 3.51. The maximum absolute atomic E-state index is 12.1. The molecule has 3 aromatic rings. The minimum atomic E-state index is -0.0189. The Morgan fingerprint density at radius 2 is 2.19 bits per heavy atom. The van der Waals surface area contributed by atoms with E-state index in [4.69, 9.17) is 4.98 Å². The van der Waals surface area contributed by atoms with Gasteiger partial charge in [0.1, 0.15) is 11.9 Å². The number of nitrogens with zero attached hydrogens (tertiary/aromatic N) is 4. The van der Waals surface area contributed by atoms with Crippen LogP contribution in [0.3, 0.4) is 0 Å². The van der Waals surface area contributed by atoms with Gasteiger partial charge in [-0.05, 0) is 43.5 Å². The van der Waals surface area contributed by atoms with Crippen molar-refractivity contribution in [3.63, 3.8) is 0 Å². The number of nitriles is 1. The zero-order valence-corrected chi connectivity index (χ0v) is 15.0. The first-order chi connectivity index (χ1) is 12.6. The lowest BCUT2D eigenvalue weighted by Gasteiger charge is -2.34. The molecule has 0 bridgehead atoms. The van der Waals surface area contributed by atoms with Crippen LogP contribution in [0, 0.1) is 24.2 Å². The van der Waals surface area contributed by atoms with Crippen molar-refractivity contribution < 1.29 is 4.79 Å². The molecule has 6 nitrogen and oxygen atoms in total. The fraction of sp³-hybridized carbons (Fsp3) is 0.350. The van der Waals surface area contributed by atoms with Crippen LogP contribution in [0.15, 0.2) is 30.3 Å². The largest absolute Gasteiger partial charge is 0.359 e. The summed E-state index contributed by atoms with van der Waals surface area (Å²) in [5, 5.41) is 12.4. The molecule has 3 heterocycles. The summed E-state index contributed by atoms with van der Waals surface area (Å²) in [5.74, 6) is 1.07. The summed E-state index contributed by atoms with van der Waals surface area (Å²) in [6, 6.07) is 12.3. The third-order valence-corrected chi connectivity index (χ3v) is 5.23. The van der Waals surface area contributed by atoms with Crippen LogP contribution in [0.4, 0.5) is 5.82 Å². The summed E-state index contributed by atoms with van der Waals surface area (Å²) >= 11 is 0. The van der Waals surface area contributed by atoms with E-state index >= 15 is 0 Å². The van der Waals surface area contributed by atoms with E-state index < -0.39 is 0 Å². The van der Waals surface area contributed by atoms with E-state index in [1.807, 2.05) is 37.3 Å². The monoisotopic (exact) mass is 347 g/mol. The van der Waals surface area contributed by atoms with Crippen molar-refractivity contribution in [1.82, 2.24) is 14.7 Å². The lowest BCUT2D eigenvalue weighted by Crippen LogP contribution is -2.42. The highest BCUT2D eigenvalue weighted by atomic mass is 16.1. The van der Waals surface area contributed by atoms with Crippen LogP contribution in [0.25, 0.3) is 16.7 Å². The van der Waals surface area contributed by atoms with Gasteiger partial charge in [0.25, 0.3) is 0 Å². The van der Waals surface area contributed by atoms with Crippen molar-refractivity contribution in [2.45, 2.75) is 19.8 Å². The van der Waals surface area contributed by atoms with Gasteiger partial charge in [0.15, 0.2) is 5.65 Å². The number of hydrogen-bond donors (Lipinski definition) is 1. The van der Waals surface area contributed by atoms with E-state index in [-0.39, 0.29) is 11.8 Å². The SMILES string of the molecule is CNC(=O)[C@H]1CCCN(c2cc(C)c(C#N)c3nc4ccccc4n23)C1. The van der Waals surface area contributed by atoms with Gasteiger partial charge in [-0.3, -0.25) is 9.20 Å². The molecule has 0 saturated carbocycles. The number of aromatic nitrogens is 2. The first-order valence-corrected chi connectivity index (χ1v) is 8.91. The molecular weight excluding hydrogens is 326 g/mol. The number of aryl methyl sites for hydroxylation is 1. The zero-order chi connectivity index (χ0) is 18.3. The Balaban J connectivity index is 1.92. The van der Waals surface area contributed by atoms with Gasteiger partial charge in [-0.25, -0.2) is 4.98 Å². The molecule has 1 amide bonds. The van der Waals surface area contributed by atoms with E-state index in [0.717, 1.165) is 41.8 Å². The number of rotatable bonds is 2. The number of piperidine rings is 1. The first-order valence-electron chi connectivity index (χ1n) is 8.91. The minimum Gasteiger partial charge on any atom is -0.359 e. The van der Waals surface area contributed by atoms with Gasteiger partial charge >= 0.3 is 0 Å². The molecule has 0 radical (unpaired) electrons. The summed E-state index contributed by atoms with van der Waals surface area (Å²) < 4.78 is 2.06. The van der Waals surface area contributed by atoms with Crippen LogP contribution >= 0.6 is 0 Å². The van der Waals surface area contributed by atoms with E-state index in [9.17, 15) is 10.1 Å². The molecule has 1 aliphatic rings. The number of hydrogen-bond acceptors (Lipinski definition) is 4. The van der Waals surface area contributed by atoms with Crippen molar-refractivity contribution in [2.24, 2.45) is 5.92 Å². The number of imidazole rings is 1. The average molecular weight is 347 g/mol. The van der Waals surface area contributed by atoms with Gasteiger partial charge in [-0.1, -0.05) is 12.1 Å². The number of amides is 1. The highest BCUT2D eigenvalue weighted by molar-refractivity contribution is 5.85. The van der Waals surface area contributed by atoms with Gasteiger partial charge in [0, 0.05) is 20.1 Å². The predicted molar refractivity (Wildman–Crippen MR) is 101 cm³/mol. The number of carbonyl (C=O) groups excluding carboxylic acids is 1. The summed E-state index contributed by atoms with van der Waals surface area (Å²) in [5.41, 5.74) is 4.05. The van der Waals surface area contributed by atoms with Gasteiger partial charge in [-0.2, -0.15) is 5.26 Å². The molecule has 26 heavy (non-hydrogen) atoms. The number of para-hydroxylation sites is 2. The maximum atomic E-state index is 12.1. The normalized spacial score (nSPS) is 17.4. The first kappa shape index (κ1) is 16.4. The van der Waals surface area contributed by atoms with Crippen LogP contribution in [0.1, 0.15) is 24.0 Å². The third-order valence-electron chi connectivity index (χ3n) is 5.23. The molecule has 132 valence electrons. The van der Waals surface area contributed by atoms with Crippen LogP contribution in [-0.4, -0.2) is 35.4 Å². The molecular formula is C20H21N5O. The van der Waals surface area contributed by atoms with Crippen molar-refractivity contribution in [3.8, 4) is 6.07 Å². The van der Waals surface area contributed by atoms with E-state index in [1.165, 1.54) is 0 Å². The van der Waals surface area contributed by atoms with Crippen molar-refractivity contribution in [3.05, 3.63) is 41.5 Å². The Labute approximate surface area is 152 Å². The molecule has 4 rings (SSSR count). The fourth-order valence-electron chi connectivity index (χ4n) is 3.91. The summed E-state index contributed by atoms with van der Waals surface area (Å²) in [6.07, 6.45) is 1.87. The molecule has 0 aliphatic carbocycles. The second-order valence-corrected chi connectivity index (χ2v) is 6.83. The Hall–Kier alpha value is -3.07. The van der Waals surface area contributed by atoms with Gasteiger partial charge in [-0.15, -0.1) is 0 Å². The summed E-state index contributed by atoms with van der Waals surface area (Å²) in [4.78, 5) is 19.1. The van der Waals surface area contributed by atoms with Gasteiger partial charge in [0.2, 0.25) is 5.91 Å². The molecule has 1 atom stereocenters. The van der Waals surface area contributed by atoms with Crippen molar-refractivity contribution in [1.29, 1.82) is 5.26 Å². The predicted octanol–water partition coefficient (Wildman–Crippen LogP) is 2.63. The Kier molecular flexibility index (Phi) is 4.00. The molecule has 6 heteroatoms. The van der Waals surface area contributed by atoms with E-state index in [0.29, 0.717) is 17.8 Å². The Morgan fingerprint density at radius 1 is 1.38 bits per heavy atom. The molecule has 0 spiro atoms. The fourth-order valence-corrected chi connectivity index (χ4v) is 3.91. The highest BCUT2D eigenvalue weighted by Crippen LogP contribution is 2.31. The molecule has 2 aromatic heterocycles. The number of nitrogens with one attached hydrogen (secondary N) is 1. The Bertz CT molecular complexity index is 1050. The Morgan fingerprint density at radius 3 is 2.96 bits per heavy atom. The van der Waals surface area contributed by atoms with Crippen LogP contribution in [0.5, 0.6) is 0 Å². The number of carbonyl (C=O) groups is 1. The number of fused-ring (bicyclic) bond motifs is 3. The molecule has 1 aliphatic heterocycles. The number of benzene rings is 1.